The monoisotopic (exact) mass is 251 g/mol. The zero-order valence-electron chi connectivity index (χ0n) is 11.2. The molecule has 2 saturated heterocycles. The minimum absolute atomic E-state index is 0.233. The topological polar surface area (TPSA) is 35.6 Å². The SMILES string of the molecule is C=CCNCC(=O)N1CCC(N2CCCC2)CC1. The highest BCUT2D eigenvalue weighted by Crippen LogP contribution is 2.20. The number of nitrogens with zero attached hydrogens (tertiary/aromatic N) is 2. The van der Waals surface area contributed by atoms with Crippen molar-refractivity contribution in [3.05, 3.63) is 12.7 Å². The highest BCUT2D eigenvalue weighted by atomic mass is 16.2. The summed E-state index contributed by atoms with van der Waals surface area (Å²) in [6.07, 6.45) is 6.78. The molecule has 0 bridgehead atoms. The number of nitrogens with one attached hydrogen (secondary N) is 1. The van der Waals surface area contributed by atoms with Crippen LogP contribution in [0.25, 0.3) is 0 Å². The fourth-order valence-electron chi connectivity index (χ4n) is 2.98. The van der Waals surface area contributed by atoms with E-state index in [1.807, 2.05) is 4.90 Å². The lowest BCUT2D eigenvalue weighted by molar-refractivity contribution is -0.131. The van der Waals surface area contributed by atoms with Gasteiger partial charge in [-0.05, 0) is 38.8 Å². The summed E-state index contributed by atoms with van der Waals surface area (Å²) < 4.78 is 0. The molecule has 1 N–H and O–H groups in total. The van der Waals surface area contributed by atoms with E-state index in [0.29, 0.717) is 13.1 Å². The number of rotatable bonds is 5. The van der Waals surface area contributed by atoms with Crippen molar-refractivity contribution in [2.75, 3.05) is 39.3 Å². The molecule has 2 rings (SSSR count). The van der Waals surface area contributed by atoms with Gasteiger partial charge < -0.3 is 15.1 Å². The predicted molar refractivity (Wildman–Crippen MR) is 73.5 cm³/mol. The minimum atomic E-state index is 0.233. The summed E-state index contributed by atoms with van der Waals surface area (Å²) in [5.74, 6) is 0.233. The average molecular weight is 251 g/mol. The molecule has 102 valence electrons. The summed E-state index contributed by atoms with van der Waals surface area (Å²) in [4.78, 5) is 16.5. The van der Waals surface area contributed by atoms with Crippen molar-refractivity contribution in [3.63, 3.8) is 0 Å². The molecule has 2 aliphatic rings. The van der Waals surface area contributed by atoms with Crippen molar-refractivity contribution in [1.29, 1.82) is 0 Å². The van der Waals surface area contributed by atoms with Crippen LogP contribution in [-0.4, -0.2) is 61.0 Å². The van der Waals surface area contributed by atoms with Crippen molar-refractivity contribution in [2.24, 2.45) is 0 Å². The molecule has 0 aromatic carbocycles. The van der Waals surface area contributed by atoms with Crippen LogP contribution in [-0.2, 0) is 4.79 Å². The molecule has 0 unspecified atom stereocenters. The Morgan fingerprint density at radius 1 is 1.22 bits per heavy atom. The zero-order valence-corrected chi connectivity index (χ0v) is 11.2. The van der Waals surface area contributed by atoms with E-state index in [0.717, 1.165) is 32.0 Å². The molecule has 1 amide bonds. The summed E-state index contributed by atoms with van der Waals surface area (Å²) in [5.41, 5.74) is 0. The summed E-state index contributed by atoms with van der Waals surface area (Å²) in [6.45, 7) is 9.16. The molecule has 2 aliphatic heterocycles. The average Bonchev–Trinajstić information content (AvgIpc) is 2.93. The maximum atomic E-state index is 11.9. The molecule has 18 heavy (non-hydrogen) atoms. The number of hydrogen-bond donors (Lipinski definition) is 1. The number of hydrogen-bond acceptors (Lipinski definition) is 3. The predicted octanol–water partition coefficient (Wildman–Crippen LogP) is 0.849. The van der Waals surface area contributed by atoms with E-state index in [1.54, 1.807) is 6.08 Å². The molecule has 0 saturated carbocycles. The summed E-state index contributed by atoms with van der Waals surface area (Å²) in [6, 6.07) is 0.720. The Morgan fingerprint density at radius 3 is 2.50 bits per heavy atom. The third-order valence-electron chi connectivity index (χ3n) is 4.04. The standard InChI is InChI=1S/C14H25N3O/c1-2-7-15-12-14(18)17-10-5-13(6-11-17)16-8-3-4-9-16/h2,13,15H,1,3-12H2. The molecule has 0 aliphatic carbocycles. The van der Waals surface area contributed by atoms with E-state index in [2.05, 4.69) is 16.8 Å². The molecular formula is C14H25N3O. The van der Waals surface area contributed by atoms with Gasteiger partial charge in [0.05, 0.1) is 6.54 Å². The first-order valence-electron chi connectivity index (χ1n) is 7.14. The lowest BCUT2D eigenvalue weighted by Crippen LogP contribution is -2.48. The van der Waals surface area contributed by atoms with Crippen LogP contribution in [0.4, 0.5) is 0 Å². The van der Waals surface area contributed by atoms with Crippen LogP contribution in [0.1, 0.15) is 25.7 Å². The summed E-state index contributed by atoms with van der Waals surface area (Å²) in [5, 5.41) is 3.08. The van der Waals surface area contributed by atoms with Crippen LogP contribution in [0.5, 0.6) is 0 Å². The molecule has 4 heteroatoms. The Bertz CT molecular complexity index is 279. The smallest absolute Gasteiger partial charge is 0.236 e. The van der Waals surface area contributed by atoms with Gasteiger partial charge >= 0.3 is 0 Å². The molecule has 2 fully saturated rings. The van der Waals surface area contributed by atoms with Gasteiger partial charge in [-0.25, -0.2) is 0 Å². The summed E-state index contributed by atoms with van der Waals surface area (Å²) in [7, 11) is 0. The van der Waals surface area contributed by atoms with Gasteiger partial charge in [-0.1, -0.05) is 6.08 Å². The van der Waals surface area contributed by atoms with Crippen LogP contribution in [0.2, 0.25) is 0 Å². The Morgan fingerprint density at radius 2 is 1.89 bits per heavy atom. The molecule has 0 atom stereocenters. The molecular weight excluding hydrogens is 226 g/mol. The van der Waals surface area contributed by atoms with Crippen LogP contribution in [0.3, 0.4) is 0 Å². The first-order valence-corrected chi connectivity index (χ1v) is 7.14. The number of piperidine rings is 1. The van der Waals surface area contributed by atoms with E-state index in [4.69, 9.17) is 0 Å². The first kappa shape index (κ1) is 13.6. The first-order chi connectivity index (χ1) is 8.81. The van der Waals surface area contributed by atoms with Crippen molar-refractivity contribution in [2.45, 2.75) is 31.7 Å². The van der Waals surface area contributed by atoms with Crippen LogP contribution in [0, 0.1) is 0 Å². The van der Waals surface area contributed by atoms with Gasteiger partial charge in [-0.2, -0.15) is 0 Å². The van der Waals surface area contributed by atoms with Gasteiger partial charge in [0.1, 0.15) is 0 Å². The van der Waals surface area contributed by atoms with Gasteiger partial charge in [-0.3, -0.25) is 4.79 Å². The second kappa shape index (κ2) is 6.90. The maximum absolute atomic E-state index is 11.9. The van der Waals surface area contributed by atoms with Crippen LogP contribution >= 0.6 is 0 Å². The highest BCUT2D eigenvalue weighted by Gasteiger charge is 2.27. The lowest BCUT2D eigenvalue weighted by atomic mass is 10.0. The third-order valence-corrected chi connectivity index (χ3v) is 4.04. The van der Waals surface area contributed by atoms with Gasteiger partial charge in [0.15, 0.2) is 0 Å². The molecule has 0 radical (unpaired) electrons. The van der Waals surface area contributed by atoms with Crippen LogP contribution in [0.15, 0.2) is 12.7 Å². The van der Waals surface area contributed by atoms with Gasteiger partial charge in [-0.15, -0.1) is 6.58 Å². The molecule has 0 aromatic rings. The molecule has 2 heterocycles. The van der Waals surface area contributed by atoms with E-state index in [1.165, 1.54) is 25.9 Å². The fraction of sp³-hybridized carbons (Fsp3) is 0.786. The highest BCUT2D eigenvalue weighted by molar-refractivity contribution is 5.78. The van der Waals surface area contributed by atoms with E-state index < -0.39 is 0 Å². The molecule has 4 nitrogen and oxygen atoms in total. The Kier molecular flexibility index (Phi) is 5.20. The maximum Gasteiger partial charge on any atom is 0.236 e. The second-order valence-corrected chi connectivity index (χ2v) is 5.27. The van der Waals surface area contributed by atoms with Crippen molar-refractivity contribution in [3.8, 4) is 0 Å². The zero-order chi connectivity index (χ0) is 12.8. The van der Waals surface area contributed by atoms with Gasteiger partial charge in [0, 0.05) is 25.7 Å². The Balaban J connectivity index is 1.68. The second-order valence-electron chi connectivity index (χ2n) is 5.27. The van der Waals surface area contributed by atoms with E-state index in [9.17, 15) is 4.79 Å². The lowest BCUT2D eigenvalue weighted by Gasteiger charge is -2.36. The fourth-order valence-corrected chi connectivity index (χ4v) is 2.98. The Labute approximate surface area is 110 Å². The van der Waals surface area contributed by atoms with E-state index in [-0.39, 0.29) is 5.91 Å². The number of amides is 1. The third kappa shape index (κ3) is 3.56. The van der Waals surface area contributed by atoms with Gasteiger partial charge in [0.25, 0.3) is 0 Å². The minimum Gasteiger partial charge on any atom is -0.341 e. The number of carbonyl (C=O) groups is 1. The number of likely N-dealkylation sites (tertiary alicyclic amines) is 2. The van der Waals surface area contributed by atoms with Crippen molar-refractivity contribution >= 4 is 5.91 Å². The quantitative estimate of drug-likeness (QED) is 0.581. The Hall–Kier alpha value is -0.870. The normalized spacial score (nSPS) is 22.3. The summed E-state index contributed by atoms with van der Waals surface area (Å²) >= 11 is 0. The van der Waals surface area contributed by atoms with Crippen molar-refractivity contribution in [1.82, 2.24) is 15.1 Å². The molecule has 0 aromatic heterocycles. The van der Waals surface area contributed by atoms with Crippen LogP contribution < -0.4 is 5.32 Å². The largest absolute Gasteiger partial charge is 0.341 e. The number of carbonyl (C=O) groups excluding carboxylic acids is 1. The molecule has 0 spiro atoms. The van der Waals surface area contributed by atoms with E-state index >= 15 is 0 Å². The van der Waals surface area contributed by atoms with Gasteiger partial charge in [0.2, 0.25) is 5.91 Å². The van der Waals surface area contributed by atoms with Crippen molar-refractivity contribution < 1.29 is 4.79 Å².